The Kier molecular flexibility index (Phi) is 19.1. The minimum Gasteiger partial charge on any atom is -0.465 e. The predicted octanol–water partition coefficient (Wildman–Crippen LogP) is 2.66. The van der Waals surface area contributed by atoms with E-state index in [1.807, 2.05) is 11.8 Å². The van der Waals surface area contributed by atoms with Crippen molar-refractivity contribution < 1.29 is 9.90 Å². The lowest BCUT2D eigenvalue weighted by Crippen LogP contribution is -2.03. The van der Waals surface area contributed by atoms with Crippen LogP contribution in [0.25, 0.3) is 0 Å². The van der Waals surface area contributed by atoms with Crippen LogP contribution < -0.4 is 11.5 Å². The number of carboxylic acid groups (broad SMARTS) is 1. The maximum atomic E-state index is 8.78. The fourth-order valence-electron chi connectivity index (χ4n) is 1.17. The standard InChI is InChI=1S/C10H23NS.CH3NO2/c1-2-3-4-5-6-7-9-12-10-8-11;2-1(3)4/h2-11H2,1H3;2H2,(H,3,4). The van der Waals surface area contributed by atoms with E-state index in [1.54, 1.807) is 0 Å². The molecule has 4 nitrogen and oxygen atoms in total. The van der Waals surface area contributed by atoms with Gasteiger partial charge in [0, 0.05) is 12.3 Å². The van der Waals surface area contributed by atoms with Gasteiger partial charge in [-0.05, 0) is 12.2 Å². The fraction of sp³-hybridized carbons (Fsp3) is 0.909. The van der Waals surface area contributed by atoms with Gasteiger partial charge in [-0.2, -0.15) is 11.8 Å². The molecule has 0 aromatic heterocycles. The van der Waals surface area contributed by atoms with E-state index in [1.165, 1.54) is 44.3 Å². The maximum absolute atomic E-state index is 8.78. The lowest BCUT2D eigenvalue weighted by atomic mass is 10.1. The molecule has 0 radical (unpaired) electrons. The average Bonchev–Trinajstić information content (AvgIpc) is 2.21. The van der Waals surface area contributed by atoms with Gasteiger partial charge in [0.2, 0.25) is 0 Å². The van der Waals surface area contributed by atoms with Gasteiger partial charge in [-0.1, -0.05) is 39.0 Å². The molecule has 0 saturated carbocycles. The highest BCUT2D eigenvalue weighted by atomic mass is 32.2. The van der Waals surface area contributed by atoms with Gasteiger partial charge in [0.15, 0.2) is 0 Å². The Morgan fingerprint density at radius 3 is 2.12 bits per heavy atom. The third kappa shape index (κ3) is 29.2. The van der Waals surface area contributed by atoms with Crippen LogP contribution in [0.5, 0.6) is 0 Å². The second-order valence-corrected chi connectivity index (χ2v) is 4.73. The van der Waals surface area contributed by atoms with Crippen molar-refractivity contribution in [1.82, 2.24) is 0 Å². The number of rotatable bonds is 9. The molecule has 0 unspecified atom stereocenters. The summed E-state index contributed by atoms with van der Waals surface area (Å²) in [4.78, 5) is 8.78. The fourth-order valence-corrected chi connectivity index (χ4v) is 1.95. The number of hydrogen-bond donors (Lipinski definition) is 3. The second kappa shape index (κ2) is 17.0. The quantitative estimate of drug-likeness (QED) is 0.549. The minimum atomic E-state index is -1.33. The van der Waals surface area contributed by atoms with Crippen LogP contribution in [0, 0.1) is 0 Å². The van der Waals surface area contributed by atoms with E-state index in [2.05, 4.69) is 12.7 Å². The van der Waals surface area contributed by atoms with E-state index in [0.717, 1.165) is 12.3 Å². The van der Waals surface area contributed by atoms with Crippen molar-refractivity contribution in [3.05, 3.63) is 0 Å². The molecule has 1 amide bonds. The Bertz CT molecular complexity index is 132. The van der Waals surface area contributed by atoms with Crippen molar-refractivity contribution in [1.29, 1.82) is 0 Å². The molecule has 5 N–H and O–H groups in total. The molecule has 5 heteroatoms. The molecule has 0 aromatic rings. The zero-order valence-electron chi connectivity index (χ0n) is 10.3. The smallest absolute Gasteiger partial charge is 0.402 e. The first-order valence-corrected chi connectivity index (χ1v) is 7.06. The van der Waals surface area contributed by atoms with Gasteiger partial charge in [-0.3, -0.25) is 0 Å². The van der Waals surface area contributed by atoms with Gasteiger partial charge >= 0.3 is 6.09 Å². The number of nitrogens with two attached hydrogens (primary N) is 2. The molecule has 98 valence electrons. The first kappa shape index (κ1) is 18.0. The van der Waals surface area contributed by atoms with Crippen molar-refractivity contribution >= 4 is 17.9 Å². The van der Waals surface area contributed by atoms with E-state index < -0.39 is 6.09 Å². The number of amides is 1. The van der Waals surface area contributed by atoms with Gasteiger partial charge in [0.1, 0.15) is 0 Å². The molecule has 0 aromatic carbocycles. The molecule has 16 heavy (non-hydrogen) atoms. The lowest BCUT2D eigenvalue weighted by molar-refractivity contribution is 0.205. The van der Waals surface area contributed by atoms with E-state index in [9.17, 15) is 0 Å². The van der Waals surface area contributed by atoms with Crippen LogP contribution in [0.15, 0.2) is 0 Å². The number of carbonyl (C=O) groups is 1. The van der Waals surface area contributed by atoms with Crippen LogP contribution >= 0.6 is 11.8 Å². The molecule has 0 saturated heterocycles. The minimum absolute atomic E-state index is 0.834. The third-order valence-corrected chi connectivity index (χ3v) is 3.01. The van der Waals surface area contributed by atoms with Crippen LogP contribution in [0.2, 0.25) is 0 Å². The van der Waals surface area contributed by atoms with Gasteiger partial charge in [0.05, 0.1) is 0 Å². The van der Waals surface area contributed by atoms with Crippen molar-refractivity contribution in [2.75, 3.05) is 18.1 Å². The summed E-state index contributed by atoms with van der Waals surface area (Å²) < 4.78 is 0. The van der Waals surface area contributed by atoms with Crippen LogP contribution in [-0.4, -0.2) is 29.3 Å². The van der Waals surface area contributed by atoms with Gasteiger partial charge in [-0.15, -0.1) is 0 Å². The van der Waals surface area contributed by atoms with Crippen LogP contribution in [0.3, 0.4) is 0 Å². The van der Waals surface area contributed by atoms with E-state index in [-0.39, 0.29) is 0 Å². The highest BCUT2D eigenvalue weighted by molar-refractivity contribution is 7.99. The van der Waals surface area contributed by atoms with Gasteiger partial charge in [0.25, 0.3) is 0 Å². The summed E-state index contributed by atoms with van der Waals surface area (Å²) in [5.41, 5.74) is 9.42. The summed E-state index contributed by atoms with van der Waals surface area (Å²) >= 11 is 1.99. The number of hydrogen-bond acceptors (Lipinski definition) is 3. The monoisotopic (exact) mass is 250 g/mol. The first-order valence-electron chi connectivity index (χ1n) is 5.91. The Balaban J connectivity index is 0. The van der Waals surface area contributed by atoms with Crippen LogP contribution in [0.1, 0.15) is 45.4 Å². The molecular weight excluding hydrogens is 224 g/mol. The molecule has 0 aliphatic rings. The first-order chi connectivity index (χ1) is 7.65. The number of thioether (sulfide) groups is 1. The summed E-state index contributed by atoms with van der Waals surface area (Å²) in [7, 11) is 0. The largest absolute Gasteiger partial charge is 0.465 e. The summed E-state index contributed by atoms with van der Waals surface area (Å²) in [6.07, 6.45) is 7.08. The van der Waals surface area contributed by atoms with Gasteiger partial charge in [-0.25, -0.2) is 4.79 Å². The molecule has 0 spiro atoms. The molecule has 0 aliphatic carbocycles. The highest BCUT2D eigenvalue weighted by Crippen LogP contribution is 2.08. The summed E-state index contributed by atoms with van der Waals surface area (Å²) in [6, 6.07) is 0. The lowest BCUT2D eigenvalue weighted by Gasteiger charge is -2.00. The second-order valence-electron chi connectivity index (χ2n) is 3.51. The summed E-state index contributed by atoms with van der Waals surface area (Å²) in [5.74, 6) is 2.44. The summed E-state index contributed by atoms with van der Waals surface area (Å²) in [5, 5.41) is 7.19. The van der Waals surface area contributed by atoms with Crippen molar-refractivity contribution in [3.63, 3.8) is 0 Å². The maximum Gasteiger partial charge on any atom is 0.402 e. The zero-order valence-corrected chi connectivity index (χ0v) is 11.1. The van der Waals surface area contributed by atoms with Crippen molar-refractivity contribution in [2.24, 2.45) is 11.5 Å². The zero-order chi connectivity index (χ0) is 12.6. The summed E-state index contributed by atoms with van der Waals surface area (Å²) in [6.45, 7) is 3.09. The van der Waals surface area contributed by atoms with Crippen molar-refractivity contribution in [2.45, 2.75) is 45.4 Å². The molecule has 0 aliphatic heterocycles. The molecule has 0 rings (SSSR count). The average molecular weight is 250 g/mol. The van der Waals surface area contributed by atoms with Gasteiger partial charge < -0.3 is 16.6 Å². The molecule has 0 bridgehead atoms. The molecule has 0 fully saturated rings. The molecular formula is C11H26N2O2S. The topological polar surface area (TPSA) is 89.3 Å². The Morgan fingerprint density at radius 1 is 1.12 bits per heavy atom. The van der Waals surface area contributed by atoms with E-state index in [4.69, 9.17) is 15.6 Å². The number of primary amides is 1. The highest BCUT2D eigenvalue weighted by Gasteiger charge is 1.90. The van der Waals surface area contributed by atoms with Crippen molar-refractivity contribution in [3.8, 4) is 0 Å². The Hall–Kier alpha value is -0.420. The molecule has 0 heterocycles. The van der Waals surface area contributed by atoms with Crippen LogP contribution in [-0.2, 0) is 0 Å². The predicted molar refractivity (Wildman–Crippen MR) is 72.0 cm³/mol. The molecule has 0 atom stereocenters. The number of unbranched alkanes of at least 4 members (excludes halogenated alkanes) is 5. The normalized spacial score (nSPS) is 9.38. The van der Waals surface area contributed by atoms with E-state index in [0.29, 0.717) is 0 Å². The Labute approximate surface area is 103 Å². The third-order valence-electron chi connectivity index (χ3n) is 1.90. The van der Waals surface area contributed by atoms with E-state index >= 15 is 0 Å². The van der Waals surface area contributed by atoms with Crippen LogP contribution in [0.4, 0.5) is 4.79 Å². The SMILES string of the molecule is CCCCCCCCSCCN.NC(=O)O. The Morgan fingerprint density at radius 2 is 1.62 bits per heavy atom.